The van der Waals surface area contributed by atoms with Gasteiger partial charge in [-0.2, -0.15) is 0 Å². The molecule has 1 aliphatic carbocycles. The molecule has 1 fully saturated rings. The van der Waals surface area contributed by atoms with Gasteiger partial charge in [0, 0.05) is 23.1 Å². The van der Waals surface area contributed by atoms with Crippen molar-refractivity contribution in [3.63, 3.8) is 0 Å². The Kier molecular flexibility index (Phi) is 3.50. The number of methoxy groups -OCH3 is 1. The SMILES string of the molecule is COC(=O)c1cc(-c2csc(NC(=O)C3CC3C)n2)c[nH]1. The molecule has 1 amide bonds. The summed E-state index contributed by atoms with van der Waals surface area (Å²) < 4.78 is 4.64. The molecule has 2 atom stereocenters. The molecule has 0 bridgehead atoms. The number of thiazole rings is 1. The van der Waals surface area contributed by atoms with E-state index in [-0.39, 0.29) is 11.8 Å². The second kappa shape index (κ2) is 5.33. The van der Waals surface area contributed by atoms with Crippen LogP contribution in [0.25, 0.3) is 11.3 Å². The van der Waals surface area contributed by atoms with Crippen molar-refractivity contribution in [2.45, 2.75) is 13.3 Å². The molecule has 2 heterocycles. The van der Waals surface area contributed by atoms with Crippen LogP contribution in [0.3, 0.4) is 0 Å². The van der Waals surface area contributed by atoms with Crippen LogP contribution in [-0.2, 0) is 9.53 Å². The van der Waals surface area contributed by atoms with Crippen LogP contribution in [0.5, 0.6) is 0 Å². The van der Waals surface area contributed by atoms with E-state index in [1.54, 1.807) is 12.3 Å². The largest absolute Gasteiger partial charge is 0.464 e. The Balaban J connectivity index is 1.71. The first kappa shape index (κ1) is 13.8. The molecule has 6 nitrogen and oxygen atoms in total. The topological polar surface area (TPSA) is 84.1 Å². The first-order chi connectivity index (χ1) is 10.1. The molecule has 1 aliphatic rings. The summed E-state index contributed by atoms with van der Waals surface area (Å²) in [5.74, 6) is 0.202. The minimum Gasteiger partial charge on any atom is -0.464 e. The fraction of sp³-hybridized carbons (Fsp3) is 0.357. The molecule has 2 unspecified atom stereocenters. The maximum Gasteiger partial charge on any atom is 0.354 e. The molecule has 3 rings (SSSR count). The first-order valence-corrected chi connectivity index (χ1v) is 7.50. The number of carbonyl (C=O) groups is 2. The standard InChI is InChI=1S/C14H15N3O3S/c1-7-3-9(7)12(18)17-14-16-11(6-21-14)8-4-10(15-5-8)13(19)20-2/h4-7,9,15H,3H2,1-2H3,(H,16,17,18). The number of ether oxygens (including phenoxy) is 1. The van der Waals surface area contributed by atoms with E-state index in [4.69, 9.17) is 0 Å². The van der Waals surface area contributed by atoms with Crippen LogP contribution in [0, 0.1) is 11.8 Å². The van der Waals surface area contributed by atoms with E-state index in [1.165, 1.54) is 18.4 Å². The van der Waals surface area contributed by atoms with Crippen LogP contribution in [0.4, 0.5) is 5.13 Å². The third kappa shape index (κ3) is 2.82. The van der Waals surface area contributed by atoms with E-state index in [9.17, 15) is 9.59 Å². The highest BCUT2D eigenvalue weighted by molar-refractivity contribution is 7.14. The molecular formula is C14H15N3O3S. The Morgan fingerprint density at radius 1 is 1.52 bits per heavy atom. The summed E-state index contributed by atoms with van der Waals surface area (Å²) in [6.45, 7) is 2.06. The molecule has 0 spiro atoms. The van der Waals surface area contributed by atoms with Crippen molar-refractivity contribution >= 4 is 28.3 Å². The number of anilines is 1. The predicted molar refractivity (Wildman–Crippen MR) is 79.1 cm³/mol. The lowest BCUT2D eigenvalue weighted by atomic mass is 10.2. The van der Waals surface area contributed by atoms with Gasteiger partial charge >= 0.3 is 5.97 Å². The van der Waals surface area contributed by atoms with Crippen molar-refractivity contribution in [2.75, 3.05) is 12.4 Å². The van der Waals surface area contributed by atoms with Crippen molar-refractivity contribution in [1.82, 2.24) is 9.97 Å². The lowest BCUT2D eigenvalue weighted by Gasteiger charge is -1.98. The van der Waals surface area contributed by atoms with E-state index < -0.39 is 5.97 Å². The molecule has 0 aromatic carbocycles. The zero-order valence-corrected chi connectivity index (χ0v) is 12.5. The third-order valence-electron chi connectivity index (χ3n) is 3.56. The Morgan fingerprint density at radius 3 is 2.95 bits per heavy atom. The van der Waals surface area contributed by atoms with Crippen LogP contribution in [0.2, 0.25) is 0 Å². The molecule has 2 aromatic rings. The van der Waals surface area contributed by atoms with Crippen molar-refractivity contribution in [3.8, 4) is 11.3 Å². The van der Waals surface area contributed by atoms with Crippen molar-refractivity contribution < 1.29 is 14.3 Å². The normalized spacial score (nSPS) is 20.1. The Labute approximate surface area is 125 Å². The van der Waals surface area contributed by atoms with Gasteiger partial charge in [-0.3, -0.25) is 4.79 Å². The third-order valence-corrected chi connectivity index (χ3v) is 4.32. The zero-order valence-electron chi connectivity index (χ0n) is 11.7. The zero-order chi connectivity index (χ0) is 15.0. The number of amides is 1. The Morgan fingerprint density at radius 2 is 2.29 bits per heavy atom. The van der Waals surface area contributed by atoms with E-state index >= 15 is 0 Å². The van der Waals surface area contributed by atoms with Gasteiger partial charge in [0.15, 0.2) is 5.13 Å². The number of nitrogens with one attached hydrogen (secondary N) is 2. The number of aromatic nitrogens is 2. The number of hydrogen-bond acceptors (Lipinski definition) is 5. The Bertz CT molecular complexity index is 691. The van der Waals surface area contributed by atoms with Gasteiger partial charge in [-0.25, -0.2) is 9.78 Å². The molecule has 2 aromatic heterocycles. The predicted octanol–water partition coefficient (Wildman–Crippen LogP) is 2.52. The van der Waals surface area contributed by atoms with Gasteiger partial charge in [0.05, 0.1) is 12.8 Å². The van der Waals surface area contributed by atoms with Gasteiger partial charge in [-0.05, 0) is 18.4 Å². The number of aromatic amines is 1. The van der Waals surface area contributed by atoms with Gasteiger partial charge in [-0.15, -0.1) is 11.3 Å². The number of nitrogens with zero attached hydrogens (tertiary/aromatic N) is 1. The molecule has 110 valence electrons. The van der Waals surface area contributed by atoms with Gasteiger partial charge in [-0.1, -0.05) is 6.92 Å². The van der Waals surface area contributed by atoms with E-state index in [1.807, 2.05) is 5.38 Å². The van der Waals surface area contributed by atoms with Crippen LogP contribution in [-0.4, -0.2) is 29.0 Å². The maximum absolute atomic E-state index is 11.9. The van der Waals surface area contributed by atoms with Gasteiger partial charge in [0.2, 0.25) is 5.91 Å². The maximum atomic E-state index is 11.9. The molecule has 1 saturated carbocycles. The van der Waals surface area contributed by atoms with Crippen molar-refractivity contribution in [2.24, 2.45) is 11.8 Å². The molecule has 7 heteroatoms. The minimum absolute atomic E-state index is 0.0349. The average molecular weight is 305 g/mol. The number of hydrogen-bond donors (Lipinski definition) is 2. The molecular weight excluding hydrogens is 290 g/mol. The van der Waals surface area contributed by atoms with Crippen LogP contribution >= 0.6 is 11.3 Å². The number of H-pyrrole nitrogens is 1. The minimum atomic E-state index is -0.423. The number of rotatable bonds is 4. The highest BCUT2D eigenvalue weighted by Gasteiger charge is 2.39. The average Bonchev–Trinajstić information content (AvgIpc) is 2.90. The fourth-order valence-electron chi connectivity index (χ4n) is 2.12. The van der Waals surface area contributed by atoms with Crippen LogP contribution in [0.15, 0.2) is 17.6 Å². The van der Waals surface area contributed by atoms with Crippen molar-refractivity contribution in [1.29, 1.82) is 0 Å². The van der Waals surface area contributed by atoms with Gasteiger partial charge < -0.3 is 15.0 Å². The lowest BCUT2D eigenvalue weighted by molar-refractivity contribution is -0.117. The molecule has 0 aliphatic heterocycles. The summed E-state index contributed by atoms with van der Waals surface area (Å²) in [6.07, 6.45) is 2.64. The smallest absolute Gasteiger partial charge is 0.354 e. The van der Waals surface area contributed by atoms with E-state index in [0.717, 1.165) is 12.0 Å². The molecule has 0 saturated heterocycles. The second-order valence-corrected chi connectivity index (χ2v) is 6.00. The monoisotopic (exact) mass is 305 g/mol. The summed E-state index contributed by atoms with van der Waals surface area (Å²) in [6, 6.07) is 1.68. The quantitative estimate of drug-likeness (QED) is 0.850. The lowest BCUT2D eigenvalue weighted by Crippen LogP contribution is -2.14. The summed E-state index contributed by atoms with van der Waals surface area (Å²) in [5, 5.41) is 5.25. The number of carbonyl (C=O) groups excluding carboxylic acids is 2. The molecule has 0 radical (unpaired) electrons. The summed E-state index contributed by atoms with van der Waals surface area (Å²) in [4.78, 5) is 30.5. The summed E-state index contributed by atoms with van der Waals surface area (Å²) in [7, 11) is 1.33. The summed E-state index contributed by atoms with van der Waals surface area (Å²) >= 11 is 1.37. The van der Waals surface area contributed by atoms with Crippen LogP contribution in [0.1, 0.15) is 23.8 Å². The van der Waals surface area contributed by atoms with Gasteiger partial charge in [0.25, 0.3) is 0 Å². The fourth-order valence-corrected chi connectivity index (χ4v) is 2.84. The van der Waals surface area contributed by atoms with Crippen LogP contribution < -0.4 is 5.32 Å². The van der Waals surface area contributed by atoms with E-state index in [2.05, 4.69) is 26.9 Å². The molecule has 21 heavy (non-hydrogen) atoms. The first-order valence-electron chi connectivity index (χ1n) is 6.62. The second-order valence-electron chi connectivity index (χ2n) is 5.14. The molecule has 2 N–H and O–H groups in total. The van der Waals surface area contributed by atoms with Crippen molar-refractivity contribution in [3.05, 3.63) is 23.3 Å². The Hall–Kier alpha value is -2.15. The van der Waals surface area contributed by atoms with Gasteiger partial charge in [0.1, 0.15) is 5.69 Å². The van der Waals surface area contributed by atoms with E-state index in [0.29, 0.717) is 22.4 Å². The summed E-state index contributed by atoms with van der Waals surface area (Å²) in [5.41, 5.74) is 1.87. The highest BCUT2D eigenvalue weighted by atomic mass is 32.1. The number of esters is 1. The highest BCUT2D eigenvalue weighted by Crippen LogP contribution is 2.38.